The predicted molar refractivity (Wildman–Crippen MR) is 102 cm³/mol. The summed E-state index contributed by atoms with van der Waals surface area (Å²) >= 11 is 0. The minimum Gasteiger partial charge on any atom is -0.469 e. The number of carbonyl (C=O) groups excluding carboxylic acids is 3. The van der Waals surface area contributed by atoms with Crippen LogP contribution in [0.15, 0.2) is 24.3 Å². The maximum atomic E-state index is 13.0. The summed E-state index contributed by atoms with van der Waals surface area (Å²) in [5, 5.41) is 0. The lowest BCUT2D eigenvalue weighted by Gasteiger charge is -2.32. The van der Waals surface area contributed by atoms with Crippen LogP contribution in [0.25, 0.3) is 0 Å². The van der Waals surface area contributed by atoms with E-state index < -0.39 is 36.2 Å². The summed E-state index contributed by atoms with van der Waals surface area (Å²) < 4.78 is 10.0. The van der Waals surface area contributed by atoms with Crippen LogP contribution < -0.4 is 5.73 Å². The smallest absolute Gasteiger partial charge is 0.417 e. The molecule has 2 amide bonds. The van der Waals surface area contributed by atoms with E-state index in [0.717, 1.165) is 10.5 Å². The third kappa shape index (κ3) is 6.36. The average Bonchev–Trinajstić information content (AvgIpc) is 2.60. The number of imide groups is 1. The topological polar surface area (TPSA) is 98.9 Å². The van der Waals surface area contributed by atoms with E-state index in [1.807, 2.05) is 19.1 Å². The van der Waals surface area contributed by atoms with Gasteiger partial charge in [-0.25, -0.2) is 9.69 Å². The number of benzene rings is 1. The maximum Gasteiger partial charge on any atom is 0.417 e. The highest BCUT2D eigenvalue weighted by Crippen LogP contribution is 2.28. The third-order valence-corrected chi connectivity index (χ3v) is 4.14. The summed E-state index contributed by atoms with van der Waals surface area (Å²) in [6.45, 7) is 8.86. The van der Waals surface area contributed by atoms with E-state index in [4.69, 9.17) is 15.2 Å². The monoisotopic (exact) mass is 378 g/mol. The number of hydrogen-bond acceptors (Lipinski definition) is 6. The fraction of sp³-hybridized carbons (Fsp3) is 0.550. The van der Waals surface area contributed by atoms with Gasteiger partial charge in [0.25, 0.3) is 0 Å². The van der Waals surface area contributed by atoms with Crippen LogP contribution in [0, 0.1) is 12.8 Å². The molecule has 0 saturated carbocycles. The summed E-state index contributed by atoms with van der Waals surface area (Å²) in [6, 6.07) is 5.45. The van der Waals surface area contributed by atoms with Crippen LogP contribution in [0.3, 0.4) is 0 Å². The van der Waals surface area contributed by atoms with Gasteiger partial charge in [-0.15, -0.1) is 0 Å². The zero-order valence-corrected chi connectivity index (χ0v) is 16.9. The summed E-state index contributed by atoms with van der Waals surface area (Å²) in [5.74, 6) is -1.33. The van der Waals surface area contributed by atoms with Gasteiger partial charge in [-0.2, -0.15) is 0 Å². The molecule has 1 rings (SSSR count). The van der Waals surface area contributed by atoms with Gasteiger partial charge in [0.05, 0.1) is 31.7 Å². The first-order chi connectivity index (χ1) is 12.6. The first-order valence-corrected chi connectivity index (χ1v) is 9.01. The van der Waals surface area contributed by atoms with E-state index in [1.165, 1.54) is 7.11 Å². The molecule has 0 aliphatic carbocycles. The van der Waals surface area contributed by atoms with Crippen LogP contribution in [-0.4, -0.2) is 42.1 Å². The van der Waals surface area contributed by atoms with Gasteiger partial charge >= 0.3 is 12.1 Å². The zero-order chi connectivity index (χ0) is 20.7. The van der Waals surface area contributed by atoms with E-state index in [-0.39, 0.29) is 12.3 Å². The fourth-order valence-corrected chi connectivity index (χ4v) is 2.46. The molecule has 0 fully saturated rings. The Morgan fingerprint density at radius 3 is 2.07 bits per heavy atom. The molecule has 1 aromatic carbocycles. The molecule has 0 radical (unpaired) electrons. The molecule has 0 unspecified atom stereocenters. The van der Waals surface area contributed by atoms with Gasteiger partial charge in [-0.1, -0.05) is 43.7 Å². The Morgan fingerprint density at radius 1 is 1.07 bits per heavy atom. The Kier molecular flexibility index (Phi) is 8.43. The summed E-state index contributed by atoms with van der Waals surface area (Å²) in [6.07, 6.45) is -1.45. The highest BCUT2D eigenvalue weighted by molar-refractivity contribution is 5.96. The first-order valence-electron chi connectivity index (χ1n) is 9.01. The number of esters is 1. The van der Waals surface area contributed by atoms with E-state index in [0.29, 0.717) is 5.56 Å². The molecule has 27 heavy (non-hydrogen) atoms. The maximum absolute atomic E-state index is 13.0. The molecule has 1 aromatic rings. The molecule has 0 aliphatic rings. The molecule has 0 aromatic heterocycles. The van der Waals surface area contributed by atoms with E-state index in [9.17, 15) is 14.4 Å². The molecular weight excluding hydrogens is 348 g/mol. The van der Waals surface area contributed by atoms with Crippen molar-refractivity contribution < 1.29 is 23.9 Å². The SMILES string of the molecule is COC(=O)C[C@@H](c1ccc(C)cc1)N(C(=O)OC(C)C)C(=O)[C@@H](N)C(C)C. The van der Waals surface area contributed by atoms with Gasteiger partial charge in [0.15, 0.2) is 0 Å². The molecule has 2 N–H and O–H groups in total. The highest BCUT2D eigenvalue weighted by Gasteiger charge is 2.37. The molecule has 0 saturated heterocycles. The second-order valence-electron chi connectivity index (χ2n) is 7.12. The minimum absolute atomic E-state index is 0.191. The molecule has 0 heterocycles. The van der Waals surface area contributed by atoms with Crippen LogP contribution in [0.5, 0.6) is 0 Å². The van der Waals surface area contributed by atoms with Gasteiger partial charge in [0, 0.05) is 0 Å². The van der Waals surface area contributed by atoms with Gasteiger partial charge in [0.2, 0.25) is 5.91 Å². The molecule has 0 spiro atoms. The lowest BCUT2D eigenvalue weighted by molar-refractivity contribution is -0.143. The van der Waals surface area contributed by atoms with E-state index in [1.54, 1.807) is 39.8 Å². The summed E-state index contributed by atoms with van der Waals surface area (Å²) in [7, 11) is 1.26. The van der Waals surface area contributed by atoms with Crippen molar-refractivity contribution in [1.29, 1.82) is 0 Å². The van der Waals surface area contributed by atoms with Crippen LogP contribution in [0.4, 0.5) is 4.79 Å². The molecule has 7 nitrogen and oxygen atoms in total. The number of ether oxygens (including phenoxy) is 2. The molecule has 7 heteroatoms. The van der Waals surface area contributed by atoms with Crippen molar-refractivity contribution in [3.8, 4) is 0 Å². The Morgan fingerprint density at radius 2 is 1.63 bits per heavy atom. The van der Waals surface area contributed by atoms with Crippen LogP contribution in [0.2, 0.25) is 0 Å². The van der Waals surface area contributed by atoms with Crippen LogP contribution in [-0.2, 0) is 19.1 Å². The summed E-state index contributed by atoms with van der Waals surface area (Å²) in [4.78, 5) is 38.7. The number of methoxy groups -OCH3 is 1. The molecule has 0 aliphatic heterocycles. The van der Waals surface area contributed by atoms with Crippen molar-refractivity contribution in [3.63, 3.8) is 0 Å². The second-order valence-corrected chi connectivity index (χ2v) is 7.12. The van der Waals surface area contributed by atoms with Gasteiger partial charge in [0.1, 0.15) is 0 Å². The van der Waals surface area contributed by atoms with Crippen molar-refractivity contribution in [2.75, 3.05) is 7.11 Å². The number of nitrogens with two attached hydrogens (primary N) is 1. The van der Waals surface area contributed by atoms with Gasteiger partial charge in [-0.05, 0) is 32.3 Å². The number of rotatable bonds is 7. The average molecular weight is 378 g/mol. The highest BCUT2D eigenvalue weighted by atomic mass is 16.6. The Labute approximate surface area is 160 Å². The van der Waals surface area contributed by atoms with E-state index >= 15 is 0 Å². The number of aryl methyl sites for hydroxylation is 1. The third-order valence-electron chi connectivity index (χ3n) is 4.14. The lowest BCUT2D eigenvalue weighted by Crippen LogP contribution is -2.51. The van der Waals surface area contributed by atoms with Crippen molar-refractivity contribution >= 4 is 18.0 Å². The van der Waals surface area contributed by atoms with Crippen molar-refractivity contribution in [3.05, 3.63) is 35.4 Å². The summed E-state index contributed by atoms with van der Waals surface area (Å²) in [5.41, 5.74) is 7.65. The predicted octanol–water partition coefficient (Wildman–Crippen LogP) is 2.96. The zero-order valence-electron chi connectivity index (χ0n) is 16.9. The second kappa shape index (κ2) is 10.1. The van der Waals surface area contributed by atoms with Crippen molar-refractivity contribution in [2.24, 2.45) is 11.7 Å². The van der Waals surface area contributed by atoms with E-state index in [2.05, 4.69) is 0 Å². The Hall–Kier alpha value is -2.41. The minimum atomic E-state index is -0.907. The quantitative estimate of drug-likeness (QED) is 0.733. The van der Waals surface area contributed by atoms with Crippen molar-refractivity contribution in [2.45, 2.75) is 59.2 Å². The number of hydrogen-bond donors (Lipinski definition) is 1. The molecule has 2 atom stereocenters. The van der Waals surface area contributed by atoms with Crippen LogP contribution >= 0.6 is 0 Å². The number of amides is 2. The van der Waals surface area contributed by atoms with Crippen LogP contribution in [0.1, 0.15) is 51.3 Å². The fourth-order valence-electron chi connectivity index (χ4n) is 2.46. The van der Waals surface area contributed by atoms with Gasteiger partial charge < -0.3 is 15.2 Å². The molecule has 150 valence electrons. The largest absolute Gasteiger partial charge is 0.469 e. The van der Waals surface area contributed by atoms with Gasteiger partial charge in [-0.3, -0.25) is 9.59 Å². The Balaban J connectivity index is 3.41. The lowest BCUT2D eigenvalue weighted by atomic mass is 9.98. The Bertz CT molecular complexity index is 655. The first kappa shape index (κ1) is 22.6. The number of carbonyl (C=O) groups is 3. The normalized spacial score (nSPS) is 13.2. The standard InChI is InChI=1S/C20H30N2O5/c1-12(2)18(21)19(24)22(20(25)27-13(3)4)16(11-17(23)26-6)15-9-7-14(5)8-10-15/h7-10,12-13,16,18H,11,21H2,1-6H3/t16-,18-/m0/s1. The van der Waals surface area contributed by atoms with Crippen molar-refractivity contribution in [1.82, 2.24) is 4.90 Å². The molecule has 0 bridgehead atoms. The molecular formula is C20H30N2O5. The number of nitrogens with zero attached hydrogens (tertiary/aromatic N) is 1.